The SMILES string of the molecule is O=C(O)c1cc(NCc2ccccc2Cl)ccn1. The van der Waals surface area contributed by atoms with Gasteiger partial charge < -0.3 is 10.4 Å². The lowest BCUT2D eigenvalue weighted by molar-refractivity contribution is 0.0690. The van der Waals surface area contributed by atoms with Crippen LogP contribution in [0.5, 0.6) is 0 Å². The van der Waals surface area contributed by atoms with E-state index in [-0.39, 0.29) is 5.69 Å². The Morgan fingerprint density at radius 2 is 2.11 bits per heavy atom. The Bertz CT molecular complexity index is 572. The molecule has 0 aliphatic carbocycles. The number of aromatic nitrogens is 1. The van der Waals surface area contributed by atoms with Crippen LogP contribution in [0.2, 0.25) is 5.02 Å². The van der Waals surface area contributed by atoms with Crippen molar-refractivity contribution < 1.29 is 9.90 Å². The molecule has 92 valence electrons. The zero-order valence-corrected chi connectivity index (χ0v) is 10.2. The zero-order valence-electron chi connectivity index (χ0n) is 9.43. The van der Waals surface area contributed by atoms with Crippen molar-refractivity contribution in [1.29, 1.82) is 0 Å². The van der Waals surface area contributed by atoms with Crippen LogP contribution in [0.3, 0.4) is 0 Å². The fourth-order valence-corrected chi connectivity index (χ4v) is 1.70. The van der Waals surface area contributed by atoms with E-state index < -0.39 is 5.97 Å². The number of carboxylic acids is 1. The Balaban J connectivity index is 2.09. The molecule has 1 heterocycles. The molecule has 2 aromatic rings. The van der Waals surface area contributed by atoms with Gasteiger partial charge in [0.2, 0.25) is 0 Å². The fourth-order valence-electron chi connectivity index (χ4n) is 1.50. The summed E-state index contributed by atoms with van der Waals surface area (Å²) in [6.07, 6.45) is 1.46. The Morgan fingerprint density at radius 3 is 2.83 bits per heavy atom. The lowest BCUT2D eigenvalue weighted by Gasteiger charge is -2.08. The molecular weight excluding hydrogens is 252 g/mol. The lowest BCUT2D eigenvalue weighted by Crippen LogP contribution is -2.04. The lowest BCUT2D eigenvalue weighted by atomic mass is 10.2. The van der Waals surface area contributed by atoms with Gasteiger partial charge >= 0.3 is 5.97 Å². The number of pyridine rings is 1. The molecule has 2 N–H and O–H groups in total. The molecule has 4 nitrogen and oxygen atoms in total. The third-order valence-corrected chi connectivity index (χ3v) is 2.79. The van der Waals surface area contributed by atoms with Crippen LogP contribution in [0.1, 0.15) is 16.1 Å². The standard InChI is InChI=1S/C13H11ClN2O2/c14-11-4-2-1-3-9(11)8-16-10-5-6-15-12(7-10)13(17)18/h1-7H,8H2,(H,15,16)(H,17,18). The van der Waals surface area contributed by atoms with Gasteiger partial charge in [-0.05, 0) is 23.8 Å². The highest BCUT2D eigenvalue weighted by molar-refractivity contribution is 6.31. The van der Waals surface area contributed by atoms with Crippen molar-refractivity contribution in [3.05, 3.63) is 58.9 Å². The molecule has 1 aromatic carbocycles. The number of rotatable bonds is 4. The van der Waals surface area contributed by atoms with E-state index in [1.807, 2.05) is 24.3 Å². The molecule has 0 atom stereocenters. The van der Waals surface area contributed by atoms with Crippen LogP contribution >= 0.6 is 11.6 Å². The first-order chi connectivity index (χ1) is 8.66. The van der Waals surface area contributed by atoms with Crippen molar-refractivity contribution >= 4 is 23.3 Å². The molecule has 0 spiro atoms. The van der Waals surface area contributed by atoms with Crippen LogP contribution in [0.25, 0.3) is 0 Å². The Morgan fingerprint density at radius 1 is 1.33 bits per heavy atom. The number of hydrogen-bond acceptors (Lipinski definition) is 3. The molecule has 0 bridgehead atoms. The Hall–Kier alpha value is -2.07. The highest BCUT2D eigenvalue weighted by Gasteiger charge is 2.05. The van der Waals surface area contributed by atoms with Crippen molar-refractivity contribution in [2.45, 2.75) is 6.54 Å². The number of halogens is 1. The van der Waals surface area contributed by atoms with Gasteiger partial charge in [-0.15, -0.1) is 0 Å². The maximum atomic E-state index is 10.8. The third-order valence-electron chi connectivity index (χ3n) is 2.42. The molecule has 5 heteroatoms. The second-order valence-electron chi connectivity index (χ2n) is 3.68. The molecule has 2 rings (SSSR count). The maximum absolute atomic E-state index is 10.8. The minimum atomic E-state index is -1.05. The third kappa shape index (κ3) is 2.99. The second-order valence-corrected chi connectivity index (χ2v) is 4.09. The average Bonchev–Trinajstić information content (AvgIpc) is 2.38. The first-order valence-electron chi connectivity index (χ1n) is 5.33. The highest BCUT2D eigenvalue weighted by Crippen LogP contribution is 2.17. The zero-order chi connectivity index (χ0) is 13.0. The second kappa shape index (κ2) is 5.51. The highest BCUT2D eigenvalue weighted by atomic mass is 35.5. The van der Waals surface area contributed by atoms with E-state index in [0.29, 0.717) is 17.3 Å². The van der Waals surface area contributed by atoms with Gasteiger partial charge in [-0.3, -0.25) is 0 Å². The molecular formula is C13H11ClN2O2. The molecule has 0 fully saturated rings. The smallest absolute Gasteiger partial charge is 0.354 e. The molecule has 0 aliphatic heterocycles. The number of carboxylic acid groups (broad SMARTS) is 1. The van der Waals surface area contributed by atoms with E-state index in [4.69, 9.17) is 16.7 Å². The van der Waals surface area contributed by atoms with Crippen LogP contribution in [0, 0.1) is 0 Å². The molecule has 0 saturated heterocycles. The predicted molar refractivity (Wildman–Crippen MR) is 70.0 cm³/mol. The van der Waals surface area contributed by atoms with Crippen LogP contribution in [0.15, 0.2) is 42.6 Å². The summed E-state index contributed by atoms with van der Waals surface area (Å²) < 4.78 is 0. The van der Waals surface area contributed by atoms with E-state index in [1.54, 1.807) is 6.07 Å². The van der Waals surface area contributed by atoms with Crippen molar-refractivity contribution in [2.75, 3.05) is 5.32 Å². The van der Waals surface area contributed by atoms with Crippen LogP contribution < -0.4 is 5.32 Å². The number of hydrogen-bond donors (Lipinski definition) is 2. The Kier molecular flexibility index (Phi) is 3.79. The van der Waals surface area contributed by atoms with Gasteiger partial charge in [-0.2, -0.15) is 0 Å². The summed E-state index contributed by atoms with van der Waals surface area (Å²) in [5.41, 5.74) is 1.66. The van der Waals surface area contributed by atoms with Gasteiger partial charge in [0.25, 0.3) is 0 Å². The monoisotopic (exact) mass is 262 g/mol. The topological polar surface area (TPSA) is 62.2 Å². The fraction of sp³-hybridized carbons (Fsp3) is 0.0769. The van der Waals surface area contributed by atoms with Gasteiger partial charge in [0.05, 0.1) is 0 Å². The van der Waals surface area contributed by atoms with E-state index in [1.165, 1.54) is 12.3 Å². The van der Waals surface area contributed by atoms with E-state index in [0.717, 1.165) is 5.56 Å². The van der Waals surface area contributed by atoms with Crippen molar-refractivity contribution in [3.8, 4) is 0 Å². The largest absolute Gasteiger partial charge is 0.477 e. The number of aromatic carboxylic acids is 1. The quantitative estimate of drug-likeness (QED) is 0.889. The summed E-state index contributed by atoms with van der Waals surface area (Å²) in [7, 11) is 0. The van der Waals surface area contributed by atoms with Gasteiger partial charge in [-0.25, -0.2) is 9.78 Å². The van der Waals surface area contributed by atoms with Gasteiger partial charge in [0.15, 0.2) is 0 Å². The average molecular weight is 263 g/mol. The molecule has 0 radical (unpaired) electrons. The van der Waals surface area contributed by atoms with Gasteiger partial charge in [0, 0.05) is 23.5 Å². The van der Waals surface area contributed by atoms with Gasteiger partial charge in [-0.1, -0.05) is 29.8 Å². The van der Waals surface area contributed by atoms with Crippen molar-refractivity contribution in [3.63, 3.8) is 0 Å². The normalized spacial score (nSPS) is 10.1. The number of nitrogens with zero attached hydrogens (tertiary/aromatic N) is 1. The van der Waals surface area contributed by atoms with Crippen LogP contribution in [-0.2, 0) is 6.54 Å². The Labute approximate surface area is 109 Å². The number of nitrogens with one attached hydrogen (secondary N) is 1. The summed E-state index contributed by atoms with van der Waals surface area (Å²) in [6, 6.07) is 10.7. The molecule has 0 aliphatic rings. The molecule has 0 amide bonds. The molecule has 1 aromatic heterocycles. The van der Waals surface area contributed by atoms with Crippen molar-refractivity contribution in [2.24, 2.45) is 0 Å². The molecule has 0 saturated carbocycles. The van der Waals surface area contributed by atoms with Crippen LogP contribution in [0.4, 0.5) is 5.69 Å². The summed E-state index contributed by atoms with van der Waals surface area (Å²) in [6.45, 7) is 0.531. The number of carbonyl (C=O) groups is 1. The first-order valence-corrected chi connectivity index (χ1v) is 5.71. The van der Waals surface area contributed by atoms with Crippen molar-refractivity contribution in [1.82, 2.24) is 4.98 Å². The summed E-state index contributed by atoms with van der Waals surface area (Å²) in [5, 5.41) is 12.6. The summed E-state index contributed by atoms with van der Waals surface area (Å²) >= 11 is 6.03. The number of benzene rings is 1. The van der Waals surface area contributed by atoms with E-state index >= 15 is 0 Å². The first kappa shape index (κ1) is 12.4. The van der Waals surface area contributed by atoms with E-state index in [2.05, 4.69) is 10.3 Å². The summed E-state index contributed by atoms with van der Waals surface area (Å²) in [5.74, 6) is -1.05. The minimum absolute atomic E-state index is 0.0131. The molecule has 0 unspecified atom stereocenters. The van der Waals surface area contributed by atoms with Gasteiger partial charge in [0.1, 0.15) is 5.69 Å². The van der Waals surface area contributed by atoms with Crippen LogP contribution in [-0.4, -0.2) is 16.1 Å². The van der Waals surface area contributed by atoms with E-state index in [9.17, 15) is 4.79 Å². The number of anilines is 1. The molecule has 18 heavy (non-hydrogen) atoms. The maximum Gasteiger partial charge on any atom is 0.354 e. The summed E-state index contributed by atoms with van der Waals surface area (Å²) in [4.78, 5) is 14.5. The predicted octanol–water partition coefficient (Wildman–Crippen LogP) is 3.05. The minimum Gasteiger partial charge on any atom is -0.477 e.